The Morgan fingerprint density at radius 2 is 2.00 bits per heavy atom. The lowest BCUT2D eigenvalue weighted by Gasteiger charge is -2.28. The Bertz CT molecular complexity index is 973. The lowest BCUT2D eigenvalue weighted by Crippen LogP contribution is -2.36. The Kier molecular flexibility index (Phi) is 5.31. The Morgan fingerprint density at radius 1 is 1.15 bits per heavy atom. The van der Waals surface area contributed by atoms with E-state index in [0.29, 0.717) is 25.3 Å². The Hall–Kier alpha value is -2.51. The summed E-state index contributed by atoms with van der Waals surface area (Å²) in [6.07, 6.45) is 1.57. The van der Waals surface area contributed by atoms with E-state index in [1.807, 2.05) is 36.4 Å². The average molecular weight is 427 g/mol. The largest absolute Gasteiger partial charge is 0.378 e. The number of carbonyl (C=O) groups is 1. The monoisotopic (exact) mass is 426 g/mol. The highest BCUT2D eigenvalue weighted by Gasteiger charge is 2.17. The number of aromatic nitrogens is 2. The zero-order valence-corrected chi connectivity index (χ0v) is 16.3. The number of morpholine rings is 1. The van der Waals surface area contributed by atoms with Crippen LogP contribution < -0.4 is 10.2 Å². The van der Waals surface area contributed by atoms with Crippen molar-refractivity contribution in [3.05, 3.63) is 64.4 Å². The number of anilines is 1. The molecule has 1 aliphatic heterocycles. The van der Waals surface area contributed by atoms with Gasteiger partial charge < -0.3 is 15.0 Å². The summed E-state index contributed by atoms with van der Waals surface area (Å²) in [5.41, 5.74) is 2.47. The van der Waals surface area contributed by atoms with Gasteiger partial charge in [0.2, 0.25) is 0 Å². The zero-order chi connectivity index (χ0) is 18.6. The van der Waals surface area contributed by atoms with Crippen molar-refractivity contribution in [2.75, 3.05) is 31.2 Å². The normalized spacial score (nSPS) is 14.3. The van der Waals surface area contributed by atoms with Gasteiger partial charge >= 0.3 is 0 Å². The number of benzene rings is 2. The van der Waals surface area contributed by atoms with Crippen molar-refractivity contribution < 1.29 is 9.53 Å². The molecule has 0 spiro atoms. The molecule has 0 radical (unpaired) electrons. The third kappa shape index (κ3) is 4.09. The third-order valence-corrected chi connectivity index (χ3v) is 5.02. The minimum Gasteiger partial charge on any atom is -0.378 e. The van der Waals surface area contributed by atoms with Gasteiger partial charge in [0.1, 0.15) is 12.1 Å². The molecule has 0 bridgehead atoms. The predicted molar refractivity (Wildman–Crippen MR) is 108 cm³/mol. The average Bonchev–Trinajstić information content (AvgIpc) is 2.72. The first-order valence-electron chi connectivity index (χ1n) is 8.81. The van der Waals surface area contributed by atoms with Gasteiger partial charge in [-0.25, -0.2) is 9.97 Å². The van der Waals surface area contributed by atoms with Crippen LogP contribution >= 0.6 is 15.9 Å². The van der Waals surface area contributed by atoms with Gasteiger partial charge in [0.05, 0.1) is 18.7 Å². The molecule has 1 amide bonds. The summed E-state index contributed by atoms with van der Waals surface area (Å²) in [6, 6.07) is 13.4. The van der Waals surface area contributed by atoms with Gasteiger partial charge in [-0.15, -0.1) is 0 Å². The summed E-state index contributed by atoms with van der Waals surface area (Å²) in [4.78, 5) is 23.6. The highest BCUT2D eigenvalue weighted by Crippen LogP contribution is 2.25. The number of hydrogen-bond acceptors (Lipinski definition) is 5. The second kappa shape index (κ2) is 8.02. The number of nitrogens with one attached hydrogen (secondary N) is 1. The van der Waals surface area contributed by atoms with Gasteiger partial charge in [0, 0.05) is 35.1 Å². The van der Waals surface area contributed by atoms with Crippen LogP contribution in [0.3, 0.4) is 0 Å². The quantitative estimate of drug-likeness (QED) is 0.693. The molecular weight excluding hydrogens is 408 g/mol. The summed E-state index contributed by atoms with van der Waals surface area (Å²) in [7, 11) is 0. The van der Waals surface area contributed by atoms with E-state index in [1.54, 1.807) is 12.4 Å². The molecule has 2 aromatic carbocycles. The molecule has 2 heterocycles. The van der Waals surface area contributed by atoms with E-state index in [1.165, 1.54) is 0 Å². The lowest BCUT2D eigenvalue weighted by atomic mass is 10.1. The van der Waals surface area contributed by atoms with E-state index < -0.39 is 0 Å². The molecule has 1 N–H and O–H groups in total. The molecule has 1 aromatic heterocycles. The van der Waals surface area contributed by atoms with E-state index in [9.17, 15) is 4.79 Å². The Labute approximate surface area is 165 Å². The van der Waals surface area contributed by atoms with Crippen LogP contribution in [0.25, 0.3) is 10.9 Å². The standard InChI is InChI=1S/C20H19BrN4O2/c21-16-3-1-2-14(10-16)12-22-20(26)15-4-5-18-17(11-15)19(24-13-23-18)25-6-8-27-9-7-25/h1-5,10-11,13H,6-9,12H2,(H,22,26). The molecule has 138 valence electrons. The minimum absolute atomic E-state index is 0.117. The van der Waals surface area contributed by atoms with Gasteiger partial charge in [-0.2, -0.15) is 0 Å². The van der Waals surface area contributed by atoms with E-state index >= 15 is 0 Å². The Morgan fingerprint density at radius 3 is 2.81 bits per heavy atom. The molecule has 0 aliphatic carbocycles. The molecule has 0 saturated carbocycles. The fraction of sp³-hybridized carbons (Fsp3) is 0.250. The van der Waals surface area contributed by atoms with Crippen molar-refractivity contribution in [1.29, 1.82) is 0 Å². The van der Waals surface area contributed by atoms with Crippen LogP contribution in [-0.2, 0) is 11.3 Å². The fourth-order valence-corrected chi connectivity index (χ4v) is 3.59. The first kappa shape index (κ1) is 17.9. The zero-order valence-electron chi connectivity index (χ0n) is 14.7. The number of fused-ring (bicyclic) bond motifs is 1. The maximum atomic E-state index is 12.6. The molecule has 3 aromatic rings. The molecule has 4 rings (SSSR count). The number of carbonyl (C=O) groups excluding carboxylic acids is 1. The van der Waals surface area contributed by atoms with Crippen molar-refractivity contribution in [3.63, 3.8) is 0 Å². The molecule has 1 aliphatic rings. The van der Waals surface area contributed by atoms with Crippen molar-refractivity contribution in [2.45, 2.75) is 6.54 Å². The predicted octanol–water partition coefficient (Wildman–Crippen LogP) is 3.16. The van der Waals surface area contributed by atoms with E-state index in [0.717, 1.165) is 39.8 Å². The SMILES string of the molecule is O=C(NCc1cccc(Br)c1)c1ccc2ncnc(N3CCOCC3)c2c1. The molecule has 6 nitrogen and oxygen atoms in total. The van der Waals surface area contributed by atoms with Gasteiger partial charge in [-0.05, 0) is 35.9 Å². The number of halogens is 1. The summed E-state index contributed by atoms with van der Waals surface area (Å²) < 4.78 is 6.42. The van der Waals surface area contributed by atoms with Gasteiger partial charge in [0.25, 0.3) is 5.91 Å². The van der Waals surface area contributed by atoms with Crippen LogP contribution in [0, 0.1) is 0 Å². The van der Waals surface area contributed by atoms with Crippen LogP contribution in [0.5, 0.6) is 0 Å². The second-order valence-electron chi connectivity index (χ2n) is 6.34. The number of nitrogens with zero attached hydrogens (tertiary/aromatic N) is 3. The van der Waals surface area contributed by atoms with Crippen LogP contribution in [0.2, 0.25) is 0 Å². The van der Waals surface area contributed by atoms with E-state index in [4.69, 9.17) is 4.74 Å². The Balaban J connectivity index is 1.57. The molecule has 7 heteroatoms. The highest BCUT2D eigenvalue weighted by atomic mass is 79.9. The first-order chi connectivity index (χ1) is 13.2. The van der Waals surface area contributed by atoms with E-state index in [2.05, 4.69) is 36.1 Å². The number of ether oxygens (including phenoxy) is 1. The van der Waals surface area contributed by atoms with Crippen molar-refractivity contribution in [1.82, 2.24) is 15.3 Å². The summed E-state index contributed by atoms with van der Waals surface area (Å²) in [6.45, 7) is 3.39. The van der Waals surface area contributed by atoms with Gasteiger partial charge in [-0.1, -0.05) is 28.1 Å². The molecule has 0 atom stereocenters. The molecular formula is C20H19BrN4O2. The fourth-order valence-electron chi connectivity index (χ4n) is 3.14. The van der Waals surface area contributed by atoms with Crippen LogP contribution in [0.1, 0.15) is 15.9 Å². The minimum atomic E-state index is -0.117. The summed E-state index contributed by atoms with van der Waals surface area (Å²) >= 11 is 3.45. The van der Waals surface area contributed by atoms with Crippen molar-refractivity contribution >= 4 is 38.6 Å². The summed E-state index contributed by atoms with van der Waals surface area (Å²) in [5, 5.41) is 3.86. The van der Waals surface area contributed by atoms with Crippen molar-refractivity contribution in [2.24, 2.45) is 0 Å². The molecule has 1 saturated heterocycles. The molecule has 0 unspecified atom stereocenters. The summed E-state index contributed by atoms with van der Waals surface area (Å²) in [5.74, 6) is 0.735. The number of amides is 1. The maximum Gasteiger partial charge on any atom is 0.251 e. The molecule has 27 heavy (non-hydrogen) atoms. The van der Waals surface area contributed by atoms with Crippen LogP contribution in [0.15, 0.2) is 53.3 Å². The lowest BCUT2D eigenvalue weighted by molar-refractivity contribution is 0.0951. The highest BCUT2D eigenvalue weighted by molar-refractivity contribution is 9.10. The number of hydrogen-bond donors (Lipinski definition) is 1. The smallest absolute Gasteiger partial charge is 0.251 e. The topological polar surface area (TPSA) is 67.4 Å². The van der Waals surface area contributed by atoms with E-state index in [-0.39, 0.29) is 5.91 Å². The van der Waals surface area contributed by atoms with Gasteiger partial charge in [-0.3, -0.25) is 4.79 Å². The van der Waals surface area contributed by atoms with Crippen LogP contribution in [0.4, 0.5) is 5.82 Å². The second-order valence-corrected chi connectivity index (χ2v) is 7.26. The molecule has 1 fully saturated rings. The maximum absolute atomic E-state index is 12.6. The van der Waals surface area contributed by atoms with Crippen LogP contribution in [-0.4, -0.2) is 42.2 Å². The first-order valence-corrected chi connectivity index (χ1v) is 9.60. The number of rotatable bonds is 4. The van der Waals surface area contributed by atoms with Gasteiger partial charge in [0.15, 0.2) is 0 Å². The van der Waals surface area contributed by atoms with Crippen molar-refractivity contribution in [3.8, 4) is 0 Å². The third-order valence-electron chi connectivity index (χ3n) is 4.53.